The van der Waals surface area contributed by atoms with Gasteiger partial charge in [0.25, 0.3) is 17.1 Å². The summed E-state index contributed by atoms with van der Waals surface area (Å²) in [7, 11) is 0. The average molecular weight is 1340 g/mol. The second-order valence-electron chi connectivity index (χ2n) is 24.1. The van der Waals surface area contributed by atoms with Gasteiger partial charge in [-0.1, -0.05) is 127 Å². The number of benzene rings is 9. The number of para-hydroxylation sites is 3. The number of nitrogens with zero attached hydrogens (tertiary/aromatic N) is 3. The molecule has 12 rings (SSSR count). The minimum absolute atomic E-state index is 0.00171. The number of aromatic nitrogens is 3. The molecule has 0 radical (unpaired) electrons. The number of nitro benzene ring substituents is 3. The van der Waals surface area contributed by atoms with E-state index in [1.807, 2.05) is 109 Å². The van der Waals surface area contributed by atoms with E-state index in [1.165, 1.54) is 72.8 Å². The summed E-state index contributed by atoms with van der Waals surface area (Å²) < 4.78 is 0. The number of nitro groups is 3. The van der Waals surface area contributed by atoms with E-state index in [2.05, 4.69) is 46.9 Å². The predicted molar refractivity (Wildman–Crippen MR) is 378 cm³/mol. The van der Waals surface area contributed by atoms with Crippen LogP contribution in [0, 0.1) is 30.3 Å². The molecule has 3 heterocycles. The van der Waals surface area contributed by atoms with Gasteiger partial charge in [0.2, 0.25) is 35.4 Å². The van der Waals surface area contributed by atoms with E-state index < -0.39 is 74.3 Å². The second kappa shape index (κ2) is 30.1. The highest BCUT2D eigenvalue weighted by Crippen LogP contribution is 2.35. The van der Waals surface area contributed by atoms with Gasteiger partial charge in [-0.2, -0.15) is 0 Å². The smallest absolute Gasteiger partial charge is 0.269 e. The Morgan fingerprint density at radius 1 is 0.330 bits per heavy atom. The van der Waals surface area contributed by atoms with Crippen LogP contribution in [0.2, 0.25) is 0 Å². The van der Waals surface area contributed by atoms with Crippen LogP contribution in [0.3, 0.4) is 0 Å². The molecule has 0 saturated carbocycles. The van der Waals surface area contributed by atoms with Crippen LogP contribution in [0.1, 0.15) is 56.0 Å². The van der Waals surface area contributed by atoms with Crippen molar-refractivity contribution in [1.29, 1.82) is 0 Å². The number of fused-ring (bicyclic) bond motifs is 3. The molecule has 100 heavy (non-hydrogen) atoms. The van der Waals surface area contributed by atoms with E-state index in [1.54, 1.807) is 55.0 Å². The summed E-state index contributed by atoms with van der Waals surface area (Å²) in [5.74, 6) is -3.53. The normalized spacial score (nSPS) is 12.1. The molecule has 9 N–H and O–H groups in total. The van der Waals surface area contributed by atoms with Gasteiger partial charge in [-0.3, -0.25) is 59.1 Å². The Balaban J connectivity index is 0.811. The molecule has 0 bridgehead atoms. The second-order valence-corrected chi connectivity index (χ2v) is 24.1. The zero-order chi connectivity index (χ0) is 69.8. The average Bonchev–Trinajstić information content (AvgIpc) is 1.38. The topological polar surface area (TPSA) is 351 Å². The minimum atomic E-state index is -1.12. The van der Waals surface area contributed by atoms with E-state index in [0.717, 1.165) is 66.1 Å². The number of non-ortho nitro benzene ring substituents is 3. The van der Waals surface area contributed by atoms with Gasteiger partial charge in [0, 0.05) is 130 Å². The minimum Gasteiger partial charge on any atom is -0.361 e. The molecule has 0 fully saturated rings. The number of carbonyl (C=O) groups excluding carboxylic acids is 6. The first-order chi connectivity index (χ1) is 48.4. The Morgan fingerprint density at radius 2 is 0.580 bits per heavy atom. The molecule has 0 aliphatic rings. The SMILES string of the molecule is O=C(Cc1c[nH]c2ccccc12)N[C@@H](Cc1ccc([N+](=O)[O-])cc1)C(=O)Nc1ccc(C(c2ccc(NC(=O)[C@H](Cc3ccc([N+](=O)[O-])cc3)NC(=O)Cc3c[nH]c4ccccc34)cc2)c2ccc(NC(=O)[C@H](Cc3ccc([N+](=O)[O-])cc3)NC(=O)Cc3c[nH]c4ccccc34)cc2)cc1. The molecule has 0 spiro atoms. The lowest BCUT2D eigenvalue weighted by molar-refractivity contribution is -0.385. The summed E-state index contributed by atoms with van der Waals surface area (Å²) in [5, 5.41) is 54.6. The molecule has 24 heteroatoms. The first kappa shape index (κ1) is 66.6. The molecule has 0 aliphatic carbocycles. The Hall–Kier alpha value is -13.4. The van der Waals surface area contributed by atoms with Crippen molar-refractivity contribution in [2.75, 3.05) is 16.0 Å². The Labute approximate surface area is 570 Å². The van der Waals surface area contributed by atoms with E-state index >= 15 is 0 Å². The number of hydrogen-bond acceptors (Lipinski definition) is 12. The van der Waals surface area contributed by atoms with Crippen LogP contribution in [0.5, 0.6) is 0 Å². The van der Waals surface area contributed by atoms with Crippen molar-refractivity contribution in [1.82, 2.24) is 30.9 Å². The number of hydrogen-bond donors (Lipinski definition) is 9. The van der Waals surface area contributed by atoms with Gasteiger partial charge in [0.1, 0.15) is 18.1 Å². The van der Waals surface area contributed by atoms with Crippen LogP contribution in [-0.4, -0.2) is 83.3 Å². The van der Waals surface area contributed by atoms with Crippen molar-refractivity contribution in [3.05, 3.63) is 317 Å². The number of aromatic amines is 3. The molecule has 0 unspecified atom stereocenters. The summed E-state index contributed by atoms with van der Waals surface area (Å²) in [6.45, 7) is 0. The van der Waals surface area contributed by atoms with Crippen molar-refractivity contribution in [3.8, 4) is 0 Å². The molecule has 3 atom stereocenters. The van der Waals surface area contributed by atoms with Crippen LogP contribution >= 0.6 is 0 Å². The van der Waals surface area contributed by atoms with E-state index in [0.29, 0.717) is 33.8 Å². The number of nitrogens with one attached hydrogen (secondary N) is 9. The Kier molecular flexibility index (Phi) is 20.1. The van der Waals surface area contributed by atoms with Crippen molar-refractivity contribution in [3.63, 3.8) is 0 Å². The van der Waals surface area contributed by atoms with Crippen LogP contribution < -0.4 is 31.9 Å². The maximum Gasteiger partial charge on any atom is 0.269 e. The van der Waals surface area contributed by atoms with Crippen molar-refractivity contribution in [2.24, 2.45) is 0 Å². The Bertz CT molecular complexity index is 4530. The van der Waals surface area contributed by atoms with Crippen LogP contribution in [0.25, 0.3) is 32.7 Å². The third kappa shape index (κ3) is 16.3. The third-order valence-corrected chi connectivity index (χ3v) is 17.3. The predicted octanol–water partition coefficient (Wildman–Crippen LogP) is 11.8. The summed E-state index contributed by atoms with van der Waals surface area (Å²) in [6.07, 6.45) is 5.09. The van der Waals surface area contributed by atoms with Gasteiger partial charge < -0.3 is 46.9 Å². The number of anilines is 3. The van der Waals surface area contributed by atoms with Gasteiger partial charge in [-0.05, 0) is 105 Å². The summed E-state index contributed by atoms with van der Waals surface area (Å²) in [5.41, 5.74) is 9.25. The number of H-pyrrole nitrogens is 3. The molecule has 24 nitrogen and oxygen atoms in total. The molecule has 6 amide bonds. The molecular weight excluding hydrogens is 1270 g/mol. The van der Waals surface area contributed by atoms with E-state index in [4.69, 9.17) is 0 Å². The van der Waals surface area contributed by atoms with Crippen LogP contribution in [-0.2, 0) is 67.3 Å². The first-order valence-electron chi connectivity index (χ1n) is 31.9. The van der Waals surface area contributed by atoms with Gasteiger partial charge >= 0.3 is 0 Å². The van der Waals surface area contributed by atoms with Crippen LogP contribution in [0.15, 0.2) is 237 Å². The summed E-state index contributed by atoms with van der Waals surface area (Å²) in [4.78, 5) is 127. The summed E-state index contributed by atoms with van der Waals surface area (Å²) in [6, 6.07) is 57.5. The zero-order valence-corrected chi connectivity index (χ0v) is 53.3. The molecular formula is C76H64N12O12. The Morgan fingerprint density at radius 3 is 0.830 bits per heavy atom. The van der Waals surface area contributed by atoms with E-state index in [-0.39, 0.29) is 55.6 Å². The molecule has 12 aromatic rings. The number of amides is 6. The number of carbonyl (C=O) groups is 6. The first-order valence-corrected chi connectivity index (χ1v) is 31.9. The fraction of sp³-hybridized carbons (Fsp3) is 0.132. The van der Waals surface area contributed by atoms with Crippen LogP contribution in [0.4, 0.5) is 34.1 Å². The standard InChI is InChI=1S/C76H64N12O12/c89-70(40-52-43-77-64-10-4-1-7-61(52)64)83-67(37-46-13-31-58(32-14-46)86(95)96)74(92)80-55-25-19-49(20-26-55)73(50-21-27-56(28-22-50)81-75(93)68(38-47-15-33-59(34-16-47)87(97)98)84-71(90)41-53-44-78-65-11-5-2-8-62(53)65)51-23-29-57(30-24-51)82-76(94)69(39-48-17-35-60(36-18-48)88(99)100)85-72(91)42-54-45-79-66-12-6-3-9-63(54)66/h1-36,43-45,67-69,73,77-79H,37-42H2,(H,80,92)(H,81,93)(H,82,94)(H,83,89)(H,84,90)(H,85,91)/t67-,68-,69-/m0/s1. The fourth-order valence-electron chi connectivity index (χ4n) is 12.2. The maximum absolute atomic E-state index is 14.4. The van der Waals surface area contributed by atoms with Gasteiger partial charge in [0.15, 0.2) is 0 Å². The lowest BCUT2D eigenvalue weighted by Crippen LogP contribution is -2.45. The monoisotopic (exact) mass is 1340 g/mol. The van der Waals surface area contributed by atoms with E-state index in [9.17, 15) is 59.1 Å². The van der Waals surface area contributed by atoms with Crippen molar-refractivity contribution in [2.45, 2.75) is 62.6 Å². The van der Waals surface area contributed by atoms with Crippen molar-refractivity contribution < 1.29 is 43.5 Å². The quantitative estimate of drug-likeness (QED) is 0.0132. The molecule has 0 saturated heterocycles. The van der Waals surface area contributed by atoms with Gasteiger partial charge in [0.05, 0.1) is 34.0 Å². The van der Waals surface area contributed by atoms with Crippen molar-refractivity contribution >= 4 is 102 Å². The highest BCUT2D eigenvalue weighted by atomic mass is 16.6. The zero-order valence-electron chi connectivity index (χ0n) is 53.3. The molecule has 9 aromatic carbocycles. The highest BCUT2D eigenvalue weighted by Gasteiger charge is 2.28. The van der Waals surface area contributed by atoms with Gasteiger partial charge in [-0.25, -0.2) is 0 Å². The third-order valence-electron chi connectivity index (χ3n) is 17.3. The summed E-state index contributed by atoms with van der Waals surface area (Å²) >= 11 is 0. The fourth-order valence-corrected chi connectivity index (χ4v) is 12.2. The molecule has 500 valence electrons. The lowest BCUT2D eigenvalue weighted by Gasteiger charge is -2.22. The largest absolute Gasteiger partial charge is 0.361 e. The lowest BCUT2D eigenvalue weighted by atomic mass is 9.85. The molecule has 0 aliphatic heterocycles. The van der Waals surface area contributed by atoms with Gasteiger partial charge in [-0.15, -0.1) is 0 Å². The number of rotatable bonds is 27. The molecule has 3 aromatic heterocycles. The maximum atomic E-state index is 14.4. The highest BCUT2D eigenvalue weighted by molar-refractivity contribution is 6.01.